The molecule has 0 bridgehead atoms. The van der Waals surface area contributed by atoms with Gasteiger partial charge in [0.25, 0.3) is 0 Å². The average Bonchev–Trinajstić information content (AvgIpc) is 3.43. The van der Waals surface area contributed by atoms with Crippen LogP contribution in [0.1, 0.15) is 303 Å². The predicted octanol–water partition coefficient (Wildman–Crippen LogP) is 22.2. The fourth-order valence-electron chi connectivity index (χ4n) is 8.95. The van der Waals surface area contributed by atoms with Crippen LogP contribution in [0.4, 0.5) is 0 Å². The Hall–Kier alpha value is -3.93. The largest absolute Gasteiger partial charge is 0.462 e. The van der Waals surface area contributed by atoms with Crippen molar-refractivity contribution in [3.8, 4) is 0 Å². The van der Waals surface area contributed by atoms with Crippen molar-refractivity contribution in [1.82, 2.24) is 0 Å². The van der Waals surface area contributed by atoms with E-state index in [4.69, 9.17) is 14.2 Å². The molecule has 0 aliphatic carbocycles. The van der Waals surface area contributed by atoms with Crippen LogP contribution < -0.4 is 0 Å². The van der Waals surface area contributed by atoms with Crippen LogP contribution in [-0.4, -0.2) is 37.2 Å². The Morgan fingerprint density at radius 3 is 0.831 bits per heavy atom. The number of hydrogen-bond acceptors (Lipinski definition) is 6. The quantitative estimate of drug-likeness (QED) is 0.0261. The summed E-state index contributed by atoms with van der Waals surface area (Å²) in [6, 6.07) is 0. The lowest BCUT2D eigenvalue weighted by Gasteiger charge is -2.18. The molecule has 0 heterocycles. The van der Waals surface area contributed by atoms with E-state index in [2.05, 4.69) is 130 Å². The molecule has 0 radical (unpaired) electrons. The van der Waals surface area contributed by atoms with E-state index < -0.39 is 6.10 Å². The lowest BCUT2D eigenvalue weighted by Crippen LogP contribution is -2.30. The molecule has 0 fully saturated rings. The third kappa shape index (κ3) is 62.8. The molecule has 440 valence electrons. The Morgan fingerprint density at radius 2 is 0.506 bits per heavy atom. The first-order valence-corrected chi connectivity index (χ1v) is 32.4. The van der Waals surface area contributed by atoms with E-state index in [0.717, 1.165) is 109 Å². The third-order valence-corrected chi connectivity index (χ3v) is 13.7. The average molecular weight is 1070 g/mol. The molecular weight excluding hydrogens is 949 g/mol. The van der Waals surface area contributed by atoms with Crippen molar-refractivity contribution in [3.05, 3.63) is 109 Å². The molecule has 0 aromatic carbocycles. The summed E-state index contributed by atoms with van der Waals surface area (Å²) < 4.78 is 16.9. The molecule has 0 aliphatic rings. The molecule has 77 heavy (non-hydrogen) atoms. The topological polar surface area (TPSA) is 78.9 Å². The van der Waals surface area contributed by atoms with E-state index in [1.807, 2.05) is 0 Å². The van der Waals surface area contributed by atoms with Gasteiger partial charge in [0.2, 0.25) is 0 Å². The zero-order chi connectivity index (χ0) is 55.7. The van der Waals surface area contributed by atoms with E-state index in [-0.39, 0.29) is 31.1 Å². The highest BCUT2D eigenvalue weighted by Crippen LogP contribution is 2.16. The molecule has 0 aliphatic heterocycles. The van der Waals surface area contributed by atoms with E-state index in [1.54, 1.807) is 0 Å². The Morgan fingerprint density at radius 1 is 0.273 bits per heavy atom. The van der Waals surface area contributed by atoms with Gasteiger partial charge in [-0.1, -0.05) is 271 Å². The molecule has 0 N–H and O–H groups in total. The lowest BCUT2D eigenvalue weighted by atomic mass is 10.0. The van der Waals surface area contributed by atoms with Gasteiger partial charge in [-0.2, -0.15) is 0 Å². The van der Waals surface area contributed by atoms with Gasteiger partial charge in [-0.15, -0.1) is 0 Å². The molecule has 0 saturated carbocycles. The standard InChI is InChI=1S/C71H120O6/c1-4-7-10-13-16-19-22-25-28-30-32-33-34-35-36-37-39-40-43-46-49-52-55-58-61-64-70(73)76-67-68(66-75-69(72)63-60-57-54-51-48-45-42-27-24-21-18-15-12-9-6-3)77-71(74)65-62-59-56-53-50-47-44-41-38-31-29-26-23-20-17-14-11-8-5-2/h7,9-10,12,16,18-19,21,25-29,32-33,42,48,51,68H,4-6,8,11,13-15,17,20,22-24,30-31,34-41,43-47,49-50,52-67H2,1-3H3/b10-7-,12-9-,19-16-,21-18-,28-25-,29-26-,33-32-,42-27-,51-48-. The second-order valence-electron chi connectivity index (χ2n) is 21.3. The van der Waals surface area contributed by atoms with Crippen LogP contribution in [0.2, 0.25) is 0 Å². The molecular formula is C71H120O6. The van der Waals surface area contributed by atoms with Gasteiger partial charge in [-0.25, -0.2) is 0 Å². The number of allylic oxidation sites excluding steroid dienone is 18. The molecule has 0 rings (SSSR count). The van der Waals surface area contributed by atoms with E-state index in [1.165, 1.54) is 154 Å². The summed E-state index contributed by atoms with van der Waals surface area (Å²) in [6.45, 7) is 6.40. The molecule has 6 nitrogen and oxygen atoms in total. The van der Waals surface area contributed by atoms with Crippen molar-refractivity contribution in [1.29, 1.82) is 0 Å². The maximum absolute atomic E-state index is 12.9. The number of rotatable bonds is 58. The predicted molar refractivity (Wildman–Crippen MR) is 334 cm³/mol. The van der Waals surface area contributed by atoms with Crippen LogP contribution in [0.5, 0.6) is 0 Å². The Bertz CT molecular complexity index is 1560. The number of unbranched alkanes of at least 4 members (excludes halogenated alkanes) is 29. The SMILES string of the molecule is CC/C=C\C/C=C\C/C=C\C/C=C\CCCCCCCCCCCCCCC(=O)OCC(COC(=O)CCCC/C=C\C/C=C\C/C=C\C/C=C\CC)OC(=O)CCCCCCCCCCC/C=C\CCCCCCCC. The van der Waals surface area contributed by atoms with Crippen LogP contribution >= 0.6 is 0 Å². The van der Waals surface area contributed by atoms with Crippen LogP contribution in [0.3, 0.4) is 0 Å². The second kappa shape index (κ2) is 64.6. The minimum absolute atomic E-state index is 0.0928. The highest BCUT2D eigenvalue weighted by Gasteiger charge is 2.19. The van der Waals surface area contributed by atoms with E-state index in [9.17, 15) is 14.4 Å². The highest BCUT2D eigenvalue weighted by atomic mass is 16.6. The summed E-state index contributed by atoms with van der Waals surface area (Å²) in [5.74, 6) is -0.931. The summed E-state index contributed by atoms with van der Waals surface area (Å²) in [5.41, 5.74) is 0. The molecule has 0 spiro atoms. The van der Waals surface area contributed by atoms with Gasteiger partial charge in [-0.3, -0.25) is 14.4 Å². The van der Waals surface area contributed by atoms with Crippen molar-refractivity contribution < 1.29 is 28.6 Å². The molecule has 0 amide bonds. The van der Waals surface area contributed by atoms with Gasteiger partial charge < -0.3 is 14.2 Å². The number of carbonyl (C=O) groups excluding carboxylic acids is 3. The van der Waals surface area contributed by atoms with E-state index >= 15 is 0 Å². The van der Waals surface area contributed by atoms with Gasteiger partial charge in [0.15, 0.2) is 6.10 Å². The second-order valence-corrected chi connectivity index (χ2v) is 21.3. The van der Waals surface area contributed by atoms with Gasteiger partial charge in [-0.05, 0) is 122 Å². The zero-order valence-corrected chi connectivity index (χ0v) is 50.4. The summed E-state index contributed by atoms with van der Waals surface area (Å²) in [4.78, 5) is 38.3. The molecule has 1 atom stereocenters. The summed E-state index contributed by atoms with van der Waals surface area (Å²) in [5, 5.41) is 0. The van der Waals surface area contributed by atoms with Crippen LogP contribution in [0.25, 0.3) is 0 Å². The van der Waals surface area contributed by atoms with Crippen LogP contribution in [0, 0.1) is 0 Å². The summed E-state index contributed by atoms with van der Waals surface area (Å²) in [6.07, 6.45) is 88.1. The van der Waals surface area contributed by atoms with Crippen molar-refractivity contribution in [3.63, 3.8) is 0 Å². The van der Waals surface area contributed by atoms with Crippen molar-refractivity contribution in [2.24, 2.45) is 0 Å². The number of ether oxygens (including phenoxy) is 3. The summed E-state index contributed by atoms with van der Waals surface area (Å²) >= 11 is 0. The fraction of sp³-hybridized carbons (Fsp3) is 0.704. The van der Waals surface area contributed by atoms with Crippen LogP contribution in [0.15, 0.2) is 109 Å². The molecule has 0 aromatic heterocycles. The van der Waals surface area contributed by atoms with Crippen LogP contribution in [-0.2, 0) is 28.6 Å². The molecule has 6 heteroatoms. The number of hydrogen-bond donors (Lipinski definition) is 0. The smallest absolute Gasteiger partial charge is 0.306 e. The highest BCUT2D eigenvalue weighted by molar-refractivity contribution is 5.71. The van der Waals surface area contributed by atoms with Crippen molar-refractivity contribution in [2.75, 3.05) is 13.2 Å². The minimum Gasteiger partial charge on any atom is -0.462 e. The molecule has 0 saturated heterocycles. The third-order valence-electron chi connectivity index (χ3n) is 13.7. The Kier molecular flexibility index (Phi) is 61.3. The lowest BCUT2D eigenvalue weighted by molar-refractivity contribution is -0.167. The van der Waals surface area contributed by atoms with Gasteiger partial charge in [0, 0.05) is 19.3 Å². The Labute approximate surface area is 476 Å². The van der Waals surface area contributed by atoms with Gasteiger partial charge in [0.05, 0.1) is 0 Å². The van der Waals surface area contributed by atoms with Gasteiger partial charge >= 0.3 is 17.9 Å². The van der Waals surface area contributed by atoms with E-state index in [0.29, 0.717) is 19.3 Å². The van der Waals surface area contributed by atoms with Crippen molar-refractivity contribution >= 4 is 17.9 Å². The van der Waals surface area contributed by atoms with Gasteiger partial charge in [0.1, 0.15) is 13.2 Å². The summed E-state index contributed by atoms with van der Waals surface area (Å²) in [7, 11) is 0. The first-order chi connectivity index (χ1) is 38.0. The molecule has 0 aromatic rings. The van der Waals surface area contributed by atoms with Crippen molar-refractivity contribution in [2.45, 2.75) is 309 Å². The normalized spacial score (nSPS) is 12.8. The fourth-order valence-corrected chi connectivity index (χ4v) is 8.95. The Balaban J connectivity index is 4.37. The first kappa shape index (κ1) is 73.1. The number of esters is 3. The maximum Gasteiger partial charge on any atom is 0.306 e. The zero-order valence-electron chi connectivity index (χ0n) is 50.4. The number of carbonyl (C=O) groups is 3. The molecule has 1 unspecified atom stereocenters. The monoisotopic (exact) mass is 1070 g/mol. The maximum atomic E-state index is 12.9. The first-order valence-electron chi connectivity index (χ1n) is 32.4. The minimum atomic E-state index is -0.799.